The van der Waals surface area contributed by atoms with E-state index in [0.29, 0.717) is 5.06 Å². The zero-order valence-corrected chi connectivity index (χ0v) is 12.3. The number of nitrogens with one attached hydrogen (secondary N) is 1. The molecule has 0 spiro atoms. The lowest BCUT2D eigenvalue weighted by Gasteiger charge is -2.12. The standard InChI is InChI=1S/C15H16N2O6/c18-12-6-7-13(19)17(12)23-14(20)8-9-16-15(21)22-10-11-4-2-1-3-5-11/h1-5H,6-10H2,(H,16,21). The van der Waals surface area contributed by atoms with E-state index in [4.69, 9.17) is 4.74 Å². The van der Waals surface area contributed by atoms with Crippen molar-refractivity contribution in [2.45, 2.75) is 25.9 Å². The number of ether oxygens (including phenoxy) is 1. The summed E-state index contributed by atoms with van der Waals surface area (Å²) in [6.07, 6.45) is -0.779. The summed E-state index contributed by atoms with van der Waals surface area (Å²) in [7, 11) is 0. The van der Waals surface area contributed by atoms with Crippen LogP contribution in [0.4, 0.5) is 4.79 Å². The van der Waals surface area contributed by atoms with Gasteiger partial charge in [0.25, 0.3) is 11.8 Å². The third-order valence-corrected chi connectivity index (χ3v) is 3.01. The second kappa shape index (κ2) is 7.92. The fourth-order valence-electron chi connectivity index (χ4n) is 1.85. The van der Waals surface area contributed by atoms with Gasteiger partial charge in [0.15, 0.2) is 0 Å². The molecule has 8 heteroatoms. The van der Waals surface area contributed by atoms with Crippen molar-refractivity contribution in [2.24, 2.45) is 0 Å². The van der Waals surface area contributed by atoms with Gasteiger partial charge in [0, 0.05) is 19.4 Å². The van der Waals surface area contributed by atoms with Gasteiger partial charge in [-0.15, -0.1) is 5.06 Å². The highest BCUT2D eigenvalue weighted by Gasteiger charge is 2.32. The van der Waals surface area contributed by atoms with Gasteiger partial charge in [0.05, 0.1) is 6.42 Å². The smallest absolute Gasteiger partial charge is 0.407 e. The summed E-state index contributed by atoms with van der Waals surface area (Å²) in [5, 5.41) is 2.85. The zero-order valence-electron chi connectivity index (χ0n) is 12.3. The number of rotatable bonds is 6. The van der Waals surface area contributed by atoms with Crippen molar-refractivity contribution in [3.8, 4) is 0 Å². The number of hydrogen-bond acceptors (Lipinski definition) is 6. The first-order chi connectivity index (χ1) is 11.1. The van der Waals surface area contributed by atoms with Gasteiger partial charge >= 0.3 is 12.1 Å². The van der Waals surface area contributed by atoms with Crippen molar-refractivity contribution in [1.29, 1.82) is 0 Å². The van der Waals surface area contributed by atoms with Gasteiger partial charge in [-0.1, -0.05) is 30.3 Å². The second-order valence-electron chi connectivity index (χ2n) is 4.78. The molecule has 1 aliphatic rings. The van der Waals surface area contributed by atoms with E-state index in [-0.39, 0.29) is 32.4 Å². The summed E-state index contributed by atoms with van der Waals surface area (Å²) in [5.41, 5.74) is 0.841. The number of nitrogens with zero attached hydrogens (tertiary/aromatic N) is 1. The number of amides is 3. The van der Waals surface area contributed by atoms with Crippen LogP contribution in [-0.4, -0.2) is 35.5 Å². The van der Waals surface area contributed by atoms with Gasteiger partial charge in [-0.2, -0.15) is 0 Å². The average molecular weight is 320 g/mol. The van der Waals surface area contributed by atoms with Crippen LogP contribution in [0.25, 0.3) is 0 Å². The molecule has 1 heterocycles. The van der Waals surface area contributed by atoms with E-state index in [1.165, 1.54) is 0 Å². The van der Waals surface area contributed by atoms with Crippen LogP contribution in [0.3, 0.4) is 0 Å². The molecule has 1 N–H and O–H groups in total. The van der Waals surface area contributed by atoms with E-state index >= 15 is 0 Å². The van der Waals surface area contributed by atoms with Crippen LogP contribution in [0, 0.1) is 0 Å². The number of benzene rings is 1. The number of hydroxylamine groups is 2. The molecule has 0 saturated carbocycles. The monoisotopic (exact) mass is 320 g/mol. The lowest BCUT2D eigenvalue weighted by molar-refractivity contribution is -0.197. The third kappa shape index (κ3) is 5.10. The summed E-state index contributed by atoms with van der Waals surface area (Å²) in [6.45, 7) is 0.0938. The predicted molar refractivity (Wildman–Crippen MR) is 76.4 cm³/mol. The molecule has 1 aromatic rings. The van der Waals surface area contributed by atoms with Gasteiger partial charge in [0.1, 0.15) is 6.61 Å². The number of imide groups is 1. The van der Waals surface area contributed by atoms with E-state index in [9.17, 15) is 19.2 Å². The van der Waals surface area contributed by atoms with Crippen LogP contribution in [0.2, 0.25) is 0 Å². The van der Waals surface area contributed by atoms with E-state index in [1.807, 2.05) is 30.3 Å². The maximum atomic E-state index is 11.5. The molecular formula is C15H16N2O6. The highest BCUT2D eigenvalue weighted by atomic mass is 16.7. The predicted octanol–water partition coefficient (Wildman–Crippen LogP) is 0.910. The topological polar surface area (TPSA) is 102 Å². The molecule has 8 nitrogen and oxygen atoms in total. The Morgan fingerprint density at radius 1 is 1.09 bits per heavy atom. The Hall–Kier alpha value is -2.90. The number of hydrogen-bond donors (Lipinski definition) is 1. The van der Waals surface area contributed by atoms with E-state index < -0.39 is 23.9 Å². The van der Waals surface area contributed by atoms with Crippen molar-refractivity contribution in [2.75, 3.05) is 6.54 Å². The van der Waals surface area contributed by atoms with Crippen molar-refractivity contribution in [3.05, 3.63) is 35.9 Å². The van der Waals surface area contributed by atoms with E-state index in [1.54, 1.807) is 0 Å². The summed E-state index contributed by atoms with van der Waals surface area (Å²) in [6, 6.07) is 9.13. The van der Waals surface area contributed by atoms with Crippen LogP contribution < -0.4 is 5.32 Å². The van der Waals surface area contributed by atoms with Crippen LogP contribution in [0.5, 0.6) is 0 Å². The van der Waals surface area contributed by atoms with Gasteiger partial charge in [-0.05, 0) is 5.56 Å². The molecule has 122 valence electrons. The number of carbonyl (C=O) groups is 4. The zero-order chi connectivity index (χ0) is 16.7. The fourth-order valence-corrected chi connectivity index (χ4v) is 1.85. The minimum absolute atomic E-state index is 0.0251. The van der Waals surface area contributed by atoms with Crippen molar-refractivity contribution in [1.82, 2.24) is 10.4 Å². The highest BCUT2D eigenvalue weighted by Crippen LogP contribution is 2.12. The molecule has 1 saturated heterocycles. The Morgan fingerprint density at radius 3 is 2.39 bits per heavy atom. The molecule has 0 aliphatic carbocycles. The summed E-state index contributed by atoms with van der Waals surface area (Å²) < 4.78 is 4.96. The number of alkyl carbamates (subject to hydrolysis) is 1. The Kier molecular flexibility index (Phi) is 5.67. The average Bonchev–Trinajstić information content (AvgIpc) is 2.86. The lowest BCUT2D eigenvalue weighted by atomic mass is 10.2. The maximum Gasteiger partial charge on any atom is 0.407 e. The lowest BCUT2D eigenvalue weighted by Crippen LogP contribution is -2.34. The molecule has 1 aliphatic heterocycles. The summed E-state index contributed by atoms with van der Waals surface area (Å²) in [4.78, 5) is 50.1. The third-order valence-electron chi connectivity index (χ3n) is 3.01. The largest absolute Gasteiger partial charge is 0.445 e. The van der Waals surface area contributed by atoms with Gasteiger partial charge in [-0.25, -0.2) is 9.59 Å². The van der Waals surface area contributed by atoms with Gasteiger partial charge in [0.2, 0.25) is 0 Å². The summed E-state index contributed by atoms with van der Waals surface area (Å²) in [5.74, 6) is -1.87. The molecule has 0 atom stereocenters. The molecule has 1 fully saturated rings. The van der Waals surface area contributed by atoms with Crippen molar-refractivity contribution in [3.63, 3.8) is 0 Å². The second-order valence-corrected chi connectivity index (χ2v) is 4.78. The molecule has 0 radical (unpaired) electrons. The first kappa shape index (κ1) is 16.5. The van der Waals surface area contributed by atoms with Crippen LogP contribution in [-0.2, 0) is 30.6 Å². The van der Waals surface area contributed by atoms with Crippen molar-refractivity contribution < 1.29 is 28.8 Å². The molecule has 2 rings (SSSR count). The quantitative estimate of drug-likeness (QED) is 0.782. The molecule has 3 amide bonds. The van der Waals surface area contributed by atoms with Gasteiger partial charge < -0.3 is 14.9 Å². The number of carbonyl (C=O) groups excluding carboxylic acids is 4. The van der Waals surface area contributed by atoms with E-state index in [0.717, 1.165) is 5.56 Å². The Bertz CT molecular complexity index is 585. The maximum absolute atomic E-state index is 11.5. The first-order valence-corrected chi connectivity index (χ1v) is 7.07. The van der Waals surface area contributed by atoms with Crippen molar-refractivity contribution >= 4 is 23.9 Å². The summed E-state index contributed by atoms with van der Waals surface area (Å²) >= 11 is 0. The highest BCUT2D eigenvalue weighted by molar-refractivity contribution is 6.01. The van der Waals surface area contributed by atoms with Gasteiger partial charge in [-0.3, -0.25) is 9.59 Å². The molecule has 1 aromatic carbocycles. The minimum atomic E-state index is -0.781. The molecule has 0 bridgehead atoms. The Labute approximate surface area is 132 Å². The van der Waals surface area contributed by atoms with E-state index in [2.05, 4.69) is 10.2 Å². The minimum Gasteiger partial charge on any atom is -0.445 e. The normalized spacial score (nSPS) is 13.8. The van der Waals surface area contributed by atoms with Crippen LogP contribution >= 0.6 is 0 Å². The fraction of sp³-hybridized carbons (Fsp3) is 0.333. The Morgan fingerprint density at radius 2 is 1.74 bits per heavy atom. The first-order valence-electron chi connectivity index (χ1n) is 7.07. The molecule has 0 unspecified atom stereocenters. The Balaban J connectivity index is 1.62. The van der Waals surface area contributed by atoms with Crippen LogP contribution in [0.15, 0.2) is 30.3 Å². The molecular weight excluding hydrogens is 304 g/mol. The molecule has 0 aromatic heterocycles. The molecule has 23 heavy (non-hydrogen) atoms. The van der Waals surface area contributed by atoms with Crippen LogP contribution in [0.1, 0.15) is 24.8 Å². The SMILES string of the molecule is O=C(CCNC(=O)OCc1ccccc1)ON1C(=O)CCC1=O.